The highest BCUT2D eigenvalue weighted by molar-refractivity contribution is 8.93. The zero-order valence-electron chi connectivity index (χ0n) is 28.9. The molecule has 0 aromatic heterocycles. The molecule has 256 valence electrons. The Hall–Kier alpha value is -4.16. The zero-order valence-corrected chi connectivity index (χ0v) is 34.1. The Morgan fingerprint density at radius 3 is 0.712 bits per heavy atom. The number of rotatable bonds is 10. The van der Waals surface area contributed by atoms with Crippen LogP contribution in [0.2, 0.25) is 0 Å². The summed E-state index contributed by atoms with van der Waals surface area (Å²) in [7, 11) is -4.23. The van der Waals surface area contributed by atoms with Crippen LogP contribution < -0.4 is 31.8 Å². The smallest absolute Gasteiger partial charge is 0.114 e. The Kier molecular flexibility index (Phi) is 12.4. The van der Waals surface area contributed by atoms with Crippen molar-refractivity contribution in [1.29, 1.82) is 0 Å². The fraction of sp³-hybridized carbons (Fsp3) is 0.0417. The highest BCUT2D eigenvalue weighted by Gasteiger charge is 2.48. The topological polar surface area (TPSA) is 0 Å². The molecule has 8 aromatic carbocycles. The van der Waals surface area contributed by atoms with Crippen LogP contribution in [0.5, 0.6) is 0 Å². The van der Waals surface area contributed by atoms with Gasteiger partial charge in [0.15, 0.2) is 0 Å². The van der Waals surface area contributed by atoms with Crippen LogP contribution in [0.3, 0.4) is 0 Å². The summed E-state index contributed by atoms with van der Waals surface area (Å²) in [5.74, 6) is 0. The van der Waals surface area contributed by atoms with Gasteiger partial charge in [-0.3, -0.25) is 0 Å². The van der Waals surface area contributed by atoms with E-state index in [1.165, 1.54) is 53.7 Å². The molecule has 0 aliphatic rings. The van der Waals surface area contributed by atoms with E-state index in [-0.39, 0.29) is 34.0 Å². The van der Waals surface area contributed by atoms with E-state index in [1.54, 1.807) is 0 Å². The quantitative estimate of drug-likeness (QED) is 0.120. The van der Waals surface area contributed by atoms with Crippen molar-refractivity contribution in [3.8, 4) is 0 Å². The maximum absolute atomic E-state index is 2.41. The van der Waals surface area contributed by atoms with Crippen molar-refractivity contribution < 1.29 is 0 Å². The molecule has 0 aliphatic carbocycles. The van der Waals surface area contributed by atoms with E-state index in [4.69, 9.17) is 0 Å². The lowest BCUT2D eigenvalue weighted by atomic mass is 10.0. The molecule has 4 heteroatoms. The monoisotopic (exact) mass is 838 g/mol. The third-order valence-electron chi connectivity index (χ3n) is 10.1. The maximum atomic E-state index is 2.41. The molecular weight excluding hydrogens is 798 g/mol. The molecule has 0 fully saturated rings. The fourth-order valence-corrected chi connectivity index (χ4v) is 16.3. The van der Waals surface area contributed by atoms with Gasteiger partial charge < -0.3 is 0 Å². The molecule has 52 heavy (non-hydrogen) atoms. The van der Waals surface area contributed by atoms with Gasteiger partial charge in [0.25, 0.3) is 0 Å². The minimum absolute atomic E-state index is 0. The summed E-state index contributed by atoms with van der Waals surface area (Å²) in [6, 6.07) is 81.7. The lowest BCUT2D eigenvalue weighted by Gasteiger charge is -2.30. The molecule has 8 rings (SSSR count). The van der Waals surface area contributed by atoms with Gasteiger partial charge in [0.2, 0.25) is 0 Å². The number of benzene rings is 8. The average molecular weight is 841 g/mol. The normalized spacial score (nSPS) is 11.3. The van der Waals surface area contributed by atoms with Crippen LogP contribution in [0, 0.1) is 0 Å². The second kappa shape index (κ2) is 17.1. The molecule has 0 unspecified atom stereocenters. The molecule has 0 heterocycles. The summed E-state index contributed by atoms with van der Waals surface area (Å²) in [6.45, 7) is 0. The van der Waals surface area contributed by atoms with E-state index >= 15 is 0 Å². The SMILES string of the molecule is Br.Br.c1ccc([P+](Cc2cccc3cccc(C[P+](c4ccccc4)(c4ccccc4)c4ccccc4)c23)(c2ccccc2)c2ccccc2)cc1. The first-order valence-corrected chi connectivity index (χ1v) is 21.3. The van der Waals surface area contributed by atoms with Crippen LogP contribution in [-0.2, 0) is 12.3 Å². The number of hydrogen-bond acceptors (Lipinski definition) is 0. The predicted molar refractivity (Wildman–Crippen MR) is 242 cm³/mol. The molecule has 0 nitrogen and oxygen atoms in total. The van der Waals surface area contributed by atoms with Crippen molar-refractivity contribution in [3.05, 3.63) is 230 Å². The van der Waals surface area contributed by atoms with Gasteiger partial charge in [-0.2, -0.15) is 0 Å². The summed E-state index contributed by atoms with van der Waals surface area (Å²) in [5.41, 5.74) is 2.82. The minimum atomic E-state index is -2.12. The van der Waals surface area contributed by atoms with Crippen LogP contribution >= 0.6 is 48.5 Å². The Morgan fingerprint density at radius 2 is 0.481 bits per heavy atom. The molecule has 0 atom stereocenters. The van der Waals surface area contributed by atoms with E-state index in [2.05, 4.69) is 218 Å². The van der Waals surface area contributed by atoms with Crippen LogP contribution in [0.4, 0.5) is 0 Å². The van der Waals surface area contributed by atoms with Gasteiger partial charge in [-0.05, 0) is 94.7 Å². The molecule has 0 saturated carbocycles. The van der Waals surface area contributed by atoms with E-state index in [0.29, 0.717) is 0 Å². The first-order chi connectivity index (χ1) is 24.8. The fourth-order valence-electron chi connectivity index (χ4n) is 7.81. The third kappa shape index (κ3) is 7.11. The van der Waals surface area contributed by atoms with Crippen LogP contribution in [0.15, 0.2) is 218 Å². The molecule has 8 aromatic rings. The van der Waals surface area contributed by atoms with Crippen molar-refractivity contribution in [3.63, 3.8) is 0 Å². The van der Waals surface area contributed by atoms with Crippen LogP contribution in [0.1, 0.15) is 11.1 Å². The second-order valence-electron chi connectivity index (χ2n) is 12.9. The molecule has 0 radical (unpaired) electrons. The summed E-state index contributed by atoms with van der Waals surface area (Å²) in [4.78, 5) is 0. The summed E-state index contributed by atoms with van der Waals surface area (Å²) >= 11 is 0. The lowest BCUT2D eigenvalue weighted by Crippen LogP contribution is -2.33. The standard InChI is InChI=1S/C48H40P2.2BrH/c1-7-25-42(26-8-1)49(43-27-9-2-10-28-43,44-29-11-3-12-30-44)37-40-23-19-21-39-22-20-24-41(48(39)40)38-50(45-31-13-4-14-32-45,46-33-15-5-16-34-46)47-35-17-6-18-36-47;;/h1-36H,37-38H2;2*1H/q+2;;. The second-order valence-corrected chi connectivity index (χ2v) is 19.9. The van der Waals surface area contributed by atoms with Gasteiger partial charge in [-0.15, -0.1) is 34.0 Å². The number of fused-ring (bicyclic) bond motifs is 1. The van der Waals surface area contributed by atoms with Crippen LogP contribution in [0.25, 0.3) is 10.8 Å². The van der Waals surface area contributed by atoms with Crippen molar-refractivity contribution in [2.24, 2.45) is 0 Å². The van der Waals surface area contributed by atoms with E-state index in [0.717, 1.165) is 12.3 Å². The van der Waals surface area contributed by atoms with Crippen molar-refractivity contribution in [2.45, 2.75) is 12.3 Å². The van der Waals surface area contributed by atoms with Gasteiger partial charge in [0.05, 0.1) is 12.3 Å². The van der Waals surface area contributed by atoms with Crippen molar-refractivity contribution >= 4 is 91.1 Å². The molecule has 0 N–H and O–H groups in total. The number of halogens is 2. The molecule has 0 saturated heterocycles. The minimum Gasteiger partial charge on any atom is -0.114 e. The first kappa shape index (κ1) is 37.6. The first-order valence-electron chi connectivity index (χ1n) is 17.4. The van der Waals surface area contributed by atoms with Gasteiger partial charge in [-0.1, -0.05) is 146 Å². The summed E-state index contributed by atoms with van der Waals surface area (Å²) in [5, 5.41) is 11.2. The Labute approximate surface area is 330 Å². The maximum Gasteiger partial charge on any atom is 0.116 e. The van der Waals surface area contributed by atoms with E-state index in [9.17, 15) is 0 Å². The molecular formula is C48H42Br2P2+2. The van der Waals surface area contributed by atoms with Gasteiger partial charge in [0, 0.05) is 0 Å². The van der Waals surface area contributed by atoms with E-state index < -0.39 is 14.5 Å². The van der Waals surface area contributed by atoms with Gasteiger partial charge in [-0.25, -0.2) is 0 Å². The average Bonchev–Trinajstić information content (AvgIpc) is 3.21. The Bertz CT molecular complexity index is 1940. The predicted octanol–water partition coefficient (Wildman–Crippen LogP) is 11.0. The highest BCUT2D eigenvalue weighted by Crippen LogP contribution is 2.61. The Morgan fingerprint density at radius 1 is 0.250 bits per heavy atom. The van der Waals surface area contributed by atoms with E-state index in [1.807, 2.05) is 0 Å². The summed E-state index contributed by atoms with van der Waals surface area (Å²) in [6.07, 6.45) is 1.87. The molecule has 0 bridgehead atoms. The van der Waals surface area contributed by atoms with Gasteiger partial charge >= 0.3 is 0 Å². The van der Waals surface area contributed by atoms with Crippen molar-refractivity contribution in [1.82, 2.24) is 0 Å². The van der Waals surface area contributed by atoms with Gasteiger partial charge in [0.1, 0.15) is 46.4 Å². The lowest BCUT2D eigenvalue weighted by molar-refractivity contribution is 1.37. The molecule has 0 spiro atoms. The highest BCUT2D eigenvalue weighted by atomic mass is 79.9. The number of hydrogen-bond donors (Lipinski definition) is 0. The Balaban J connectivity index is 0.00000232. The third-order valence-corrected chi connectivity index (χ3v) is 18.8. The molecule has 0 aliphatic heterocycles. The molecule has 0 amide bonds. The van der Waals surface area contributed by atoms with Crippen molar-refractivity contribution in [2.75, 3.05) is 0 Å². The largest absolute Gasteiger partial charge is 0.116 e. The van der Waals surface area contributed by atoms with Crippen LogP contribution in [-0.4, -0.2) is 0 Å². The summed E-state index contributed by atoms with van der Waals surface area (Å²) < 4.78 is 0. The zero-order chi connectivity index (χ0) is 33.6.